The summed E-state index contributed by atoms with van der Waals surface area (Å²) in [6.07, 6.45) is -1.43. The minimum Gasteiger partial charge on any atom is -0.435 e. The molecule has 0 radical (unpaired) electrons. The molecule has 0 bridgehead atoms. The number of hydrogen-bond donors (Lipinski definition) is 2. The number of halogens is 5. The van der Waals surface area contributed by atoms with Crippen LogP contribution in [0.25, 0.3) is 27.7 Å². The molecule has 0 amide bonds. The SMILES string of the molecule is CN=Cc1cc(-n2cc3ccc(NCC(F)(F)F)nc3c(-c3ccc(OC(F)F)cc3)c2=O)ccc1N. The highest BCUT2D eigenvalue weighted by molar-refractivity contribution is 5.94. The third kappa shape index (κ3) is 5.85. The van der Waals surface area contributed by atoms with Crippen molar-refractivity contribution in [1.29, 1.82) is 0 Å². The molecule has 2 aromatic heterocycles. The first-order chi connectivity index (χ1) is 17.6. The third-order valence-electron chi connectivity index (χ3n) is 5.32. The summed E-state index contributed by atoms with van der Waals surface area (Å²) < 4.78 is 69.0. The number of pyridine rings is 2. The molecule has 0 unspecified atom stereocenters. The summed E-state index contributed by atoms with van der Waals surface area (Å²) in [5, 5.41) is 2.65. The smallest absolute Gasteiger partial charge is 0.405 e. The zero-order valence-electron chi connectivity index (χ0n) is 19.3. The number of ether oxygens (including phenoxy) is 1. The standard InChI is InChI=1S/C25H20F5N5O2/c1-32-11-16-10-17(5-8-19(16)31)35-12-15-4-9-20(33-13-25(28,29)30)34-22(15)21(23(35)36)14-2-6-18(7-3-14)37-24(26)27/h2-12,24H,13,31H2,1H3,(H,33,34). The fourth-order valence-corrected chi connectivity index (χ4v) is 3.70. The van der Waals surface area contributed by atoms with Crippen LogP contribution < -0.4 is 21.3 Å². The van der Waals surface area contributed by atoms with Crippen LogP contribution in [-0.4, -0.2) is 42.1 Å². The summed E-state index contributed by atoms with van der Waals surface area (Å²) in [6, 6.07) is 13.1. The molecule has 37 heavy (non-hydrogen) atoms. The Labute approximate surface area is 207 Å². The van der Waals surface area contributed by atoms with Gasteiger partial charge in [-0.05, 0) is 48.0 Å². The molecule has 0 atom stereocenters. The number of benzene rings is 2. The normalized spacial score (nSPS) is 12.0. The molecule has 4 aromatic rings. The highest BCUT2D eigenvalue weighted by Gasteiger charge is 2.27. The van der Waals surface area contributed by atoms with Crippen molar-refractivity contribution >= 4 is 28.6 Å². The molecule has 4 rings (SSSR count). The Balaban J connectivity index is 1.93. The maximum atomic E-state index is 13.7. The fourth-order valence-electron chi connectivity index (χ4n) is 3.70. The number of aromatic nitrogens is 2. The topological polar surface area (TPSA) is 94.5 Å². The van der Waals surface area contributed by atoms with Crippen molar-refractivity contribution in [1.82, 2.24) is 9.55 Å². The average molecular weight is 517 g/mol. The average Bonchev–Trinajstić information content (AvgIpc) is 2.84. The van der Waals surface area contributed by atoms with E-state index >= 15 is 0 Å². The van der Waals surface area contributed by atoms with E-state index in [4.69, 9.17) is 5.73 Å². The number of anilines is 2. The van der Waals surface area contributed by atoms with Crippen molar-refractivity contribution in [3.63, 3.8) is 0 Å². The van der Waals surface area contributed by atoms with E-state index < -0.39 is 24.9 Å². The van der Waals surface area contributed by atoms with Gasteiger partial charge in [0.25, 0.3) is 5.56 Å². The van der Waals surface area contributed by atoms with E-state index in [0.29, 0.717) is 27.9 Å². The highest BCUT2D eigenvalue weighted by atomic mass is 19.4. The van der Waals surface area contributed by atoms with Crippen molar-refractivity contribution in [3.8, 4) is 22.6 Å². The second-order valence-corrected chi connectivity index (χ2v) is 7.89. The Kier molecular flexibility index (Phi) is 7.09. The zero-order chi connectivity index (χ0) is 26.7. The Morgan fingerprint density at radius 2 is 1.86 bits per heavy atom. The highest BCUT2D eigenvalue weighted by Crippen LogP contribution is 2.29. The first kappa shape index (κ1) is 25.6. The van der Waals surface area contributed by atoms with Crippen LogP contribution >= 0.6 is 0 Å². The van der Waals surface area contributed by atoms with Crippen LogP contribution in [0.3, 0.4) is 0 Å². The molecule has 0 saturated heterocycles. The molecule has 7 nitrogen and oxygen atoms in total. The zero-order valence-corrected chi connectivity index (χ0v) is 19.3. The minimum absolute atomic E-state index is 0.0549. The molecular weight excluding hydrogens is 497 g/mol. The van der Waals surface area contributed by atoms with Crippen LogP contribution in [0.2, 0.25) is 0 Å². The van der Waals surface area contributed by atoms with E-state index in [1.165, 1.54) is 53.4 Å². The molecule has 2 aromatic carbocycles. The summed E-state index contributed by atoms with van der Waals surface area (Å²) >= 11 is 0. The van der Waals surface area contributed by atoms with Crippen LogP contribution in [0.5, 0.6) is 5.75 Å². The van der Waals surface area contributed by atoms with E-state index in [0.717, 1.165) is 0 Å². The van der Waals surface area contributed by atoms with Crippen molar-refractivity contribution in [2.75, 3.05) is 24.6 Å². The predicted octanol–water partition coefficient (Wildman–Crippen LogP) is 5.26. The molecule has 0 fully saturated rings. The first-order valence-corrected chi connectivity index (χ1v) is 10.8. The largest absolute Gasteiger partial charge is 0.435 e. The maximum absolute atomic E-state index is 13.7. The van der Waals surface area contributed by atoms with Crippen LogP contribution in [0, 0.1) is 0 Å². The summed E-state index contributed by atoms with van der Waals surface area (Å²) in [6.45, 7) is -4.35. The molecule has 2 heterocycles. The van der Waals surface area contributed by atoms with Gasteiger partial charge in [0.2, 0.25) is 0 Å². The summed E-state index contributed by atoms with van der Waals surface area (Å²) in [7, 11) is 1.57. The Morgan fingerprint density at radius 1 is 1.14 bits per heavy atom. The van der Waals surface area contributed by atoms with Gasteiger partial charge in [0, 0.05) is 41.8 Å². The van der Waals surface area contributed by atoms with Crippen molar-refractivity contribution in [3.05, 3.63) is 76.7 Å². The van der Waals surface area contributed by atoms with Crippen molar-refractivity contribution < 1.29 is 26.7 Å². The molecule has 0 aliphatic heterocycles. The lowest BCUT2D eigenvalue weighted by molar-refractivity contribution is -0.115. The maximum Gasteiger partial charge on any atom is 0.405 e. The van der Waals surface area contributed by atoms with Gasteiger partial charge in [-0.25, -0.2) is 4.98 Å². The van der Waals surface area contributed by atoms with E-state index in [9.17, 15) is 26.7 Å². The second kappa shape index (κ2) is 10.2. The fraction of sp³-hybridized carbons (Fsp3) is 0.160. The summed E-state index contributed by atoms with van der Waals surface area (Å²) in [4.78, 5) is 22.0. The minimum atomic E-state index is -4.47. The number of fused-ring (bicyclic) bond motifs is 1. The number of hydrogen-bond acceptors (Lipinski definition) is 6. The van der Waals surface area contributed by atoms with Gasteiger partial charge < -0.3 is 15.8 Å². The lowest BCUT2D eigenvalue weighted by Gasteiger charge is -2.15. The quantitative estimate of drug-likeness (QED) is 0.198. The number of nitrogens with zero attached hydrogens (tertiary/aromatic N) is 3. The third-order valence-corrected chi connectivity index (χ3v) is 5.32. The number of nitrogen functional groups attached to an aromatic ring is 1. The van der Waals surface area contributed by atoms with Crippen molar-refractivity contribution in [2.45, 2.75) is 12.8 Å². The Hall–Kier alpha value is -4.48. The van der Waals surface area contributed by atoms with Gasteiger partial charge in [-0.2, -0.15) is 22.0 Å². The van der Waals surface area contributed by atoms with Gasteiger partial charge in [-0.1, -0.05) is 12.1 Å². The number of nitrogens with one attached hydrogen (secondary N) is 1. The monoisotopic (exact) mass is 517 g/mol. The van der Waals surface area contributed by atoms with Crippen LogP contribution in [0.4, 0.5) is 33.5 Å². The lowest BCUT2D eigenvalue weighted by atomic mass is 10.0. The molecule has 0 aliphatic carbocycles. The molecule has 0 aliphatic rings. The first-order valence-electron chi connectivity index (χ1n) is 10.8. The lowest BCUT2D eigenvalue weighted by Crippen LogP contribution is -2.23. The Bertz CT molecular complexity index is 1520. The van der Waals surface area contributed by atoms with E-state index in [2.05, 4.69) is 20.0 Å². The molecule has 192 valence electrons. The molecule has 3 N–H and O–H groups in total. The van der Waals surface area contributed by atoms with Gasteiger partial charge in [0.15, 0.2) is 0 Å². The van der Waals surface area contributed by atoms with Crippen molar-refractivity contribution in [2.24, 2.45) is 4.99 Å². The van der Waals surface area contributed by atoms with E-state index in [1.54, 1.807) is 25.2 Å². The Morgan fingerprint density at radius 3 is 2.51 bits per heavy atom. The van der Waals surface area contributed by atoms with E-state index in [1.807, 2.05) is 0 Å². The summed E-state index contributed by atoms with van der Waals surface area (Å²) in [5.41, 5.74) is 7.40. The van der Waals surface area contributed by atoms with Gasteiger partial charge in [0.05, 0.1) is 11.1 Å². The van der Waals surface area contributed by atoms with Gasteiger partial charge in [-0.3, -0.25) is 14.4 Å². The number of aliphatic imine (C=N–C) groups is 1. The predicted molar refractivity (Wildman–Crippen MR) is 132 cm³/mol. The molecule has 12 heteroatoms. The molecule has 0 saturated carbocycles. The van der Waals surface area contributed by atoms with Gasteiger partial charge >= 0.3 is 12.8 Å². The van der Waals surface area contributed by atoms with Gasteiger partial charge in [0.1, 0.15) is 18.1 Å². The second-order valence-electron chi connectivity index (χ2n) is 7.89. The van der Waals surface area contributed by atoms with Crippen LogP contribution in [0.1, 0.15) is 5.56 Å². The number of alkyl halides is 5. The molecule has 0 spiro atoms. The summed E-state index contributed by atoms with van der Waals surface area (Å²) in [5.74, 6) is -0.211. The van der Waals surface area contributed by atoms with Crippen LogP contribution in [0.15, 0.2) is 70.6 Å². The molecular formula is C25H20F5N5O2. The van der Waals surface area contributed by atoms with Crippen LogP contribution in [-0.2, 0) is 0 Å². The number of rotatable bonds is 7. The van der Waals surface area contributed by atoms with Gasteiger partial charge in [-0.15, -0.1) is 0 Å². The van der Waals surface area contributed by atoms with E-state index in [-0.39, 0.29) is 22.6 Å². The number of nitrogens with two attached hydrogens (primary N) is 1.